The monoisotopic (exact) mass is 234 g/mol. The van der Waals surface area contributed by atoms with Crippen molar-refractivity contribution in [1.29, 1.82) is 0 Å². The minimum Gasteiger partial charge on any atom is -0.317 e. The van der Waals surface area contributed by atoms with Crippen LogP contribution in [-0.2, 0) is 6.54 Å². The third-order valence-corrected chi connectivity index (χ3v) is 3.70. The van der Waals surface area contributed by atoms with Crippen LogP contribution in [0.5, 0.6) is 0 Å². The molecule has 2 unspecified atom stereocenters. The second-order valence-electron chi connectivity index (χ2n) is 4.75. The number of hydrogen-bond acceptors (Lipinski definition) is 4. The fourth-order valence-electron chi connectivity index (χ4n) is 2.66. The Bertz CT molecular complexity index is 327. The number of piperidine rings is 1. The van der Waals surface area contributed by atoms with Crippen molar-refractivity contribution in [1.82, 2.24) is 20.2 Å². The van der Waals surface area contributed by atoms with Crippen molar-refractivity contribution in [3.8, 4) is 0 Å². The van der Waals surface area contributed by atoms with E-state index in [-0.39, 0.29) is 0 Å². The summed E-state index contributed by atoms with van der Waals surface area (Å²) in [5.74, 6) is 1.68. The zero-order valence-corrected chi connectivity index (χ0v) is 10.8. The summed E-state index contributed by atoms with van der Waals surface area (Å²) in [6.07, 6.45) is 6.10. The Morgan fingerprint density at radius 2 is 2.18 bits per heavy atom. The number of hydrogen-bond donors (Lipinski definition) is 1. The van der Waals surface area contributed by atoms with E-state index in [1.165, 1.54) is 12.8 Å². The van der Waals surface area contributed by atoms with E-state index in [1.807, 2.05) is 18.5 Å². The lowest BCUT2D eigenvalue weighted by atomic mass is 9.90. The molecule has 0 aliphatic carbocycles. The van der Waals surface area contributed by atoms with Crippen LogP contribution in [0.15, 0.2) is 18.5 Å². The Morgan fingerprint density at radius 3 is 2.82 bits per heavy atom. The molecule has 0 aromatic carbocycles. The molecule has 2 rings (SSSR count). The average Bonchev–Trinajstić information content (AvgIpc) is 2.40. The second-order valence-corrected chi connectivity index (χ2v) is 4.75. The summed E-state index contributed by atoms with van der Waals surface area (Å²) in [4.78, 5) is 11.1. The number of aromatic nitrogens is 2. The molecule has 2 atom stereocenters. The van der Waals surface area contributed by atoms with Crippen LogP contribution in [0.1, 0.15) is 25.6 Å². The Labute approximate surface area is 103 Å². The Hall–Kier alpha value is -1.00. The van der Waals surface area contributed by atoms with E-state index in [2.05, 4.69) is 34.2 Å². The average molecular weight is 234 g/mol. The Kier molecular flexibility index (Phi) is 4.45. The molecule has 2 heterocycles. The fourth-order valence-corrected chi connectivity index (χ4v) is 2.66. The van der Waals surface area contributed by atoms with Crippen molar-refractivity contribution in [3.05, 3.63) is 24.3 Å². The first-order valence-electron chi connectivity index (χ1n) is 6.49. The molecule has 0 bridgehead atoms. The van der Waals surface area contributed by atoms with Gasteiger partial charge >= 0.3 is 0 Å². The van der Waals surface area contributed by atoms with Crippen LogP contribution in [-0.4, -0.2) is 41.0 Å². The smallest absolute Gasteiger partial charge is 0.142 e. The molecular formula is C13H22N4. The lowest BCUT2D eigenvalue weighted by molar-refractivity contribution is 0.130. The Balaban J connectivity index is 1.91. The SMILES string of the molecule is CCC1CN(Cc2ncccn2)CCC1NC. The van der Waals surface area contributed by atoms with Crippen molar-refractivity contribution >= 4 is 0 Å². The van der Waals surface area contributed by atoms with E-state index in [4.69, 9.17) is 0 Å². The predicted octanol–water partition coefficient (Wildman–Crippen LogP) is 1.30. The first-order chi connectivity index (χ1) is 8.33. The van der Waals surface area contributed by atoms with Crippen molar-refractivity contribution in [2.45, 2.75) is 32.4 Å². The van der Waals surface area contributed by atoms with Crippen molar-refractivity contribution in [2.24, 2.45) is 5.92 Å². The van der Waals surface area contributed by atoms with Gasteiger partial charge in [-0.25, -0.2) is 9.97 Å². The number of rotatable bonds is 4. The minimum absolute atomic E-state index is 0.674. The Morgan fingerprint density at radius 1 is 1.41 bits per heavy atom. The first kappa shape index (κ1) is 12.5. The molecule has 1 saturated heterocycles. The van der Waals surface area contributed by atoms with Crippen molar-refractivity contribution < 1.29 is 0 Å². The van der Waals surface area contributed by atoms with Gasteiger partial charge in [-0.05, 0) is 25.5 Å². The van der Waals surface area contributed by atoms with Gasteiger partial charge in [0.2, 0.25) is 0 Å². The van der Waals surface area contributed by atoms with Gasteiger partial charge in [-0.3, -0.25) is 4.90 Å². The quantitative estimate of drug-likeness (QED) is 0.852. The van der Waals surface area contributed by atoms with Crippen LogP contribution in [0.4, 0.5) is 0 Å². The van der Waals surface area contributed by atoms with Crippen molar-refractivity contribution in [2.75, 3.05) is 20.1 Å². The van der Waals surface area contributed by atoms with Gasteiger partial charge < -0.3 is 5.32 Å². The summed E-state index contributed by atoms with van der Waals surface area (Å²) in [6.45, 7) is 5.45. The lowest BCUT2D eigenvalue weighted by Gasteiger charge is -2.37. The van der Waals surface area contributed by atoms with Crippen LogP contribution in [0.2, 0.25) is 0 Å². The van der Waals surface area contributed by atoms with Crippen molar-refractivity contribution in [3.63, 3.8) is 0 Å². The van der Waals surface area contributed by atoms with Crippen LogP contribution >= 0.6 is 0 Å². The van der Waals surface area contributed by atoms with E-state index >= 15 is 0 Å². The summed E-state index contributed by atoms with van der Waals surface area (Å²) < 4.78 is 0. The van der Waals surface area contributed by atoms with Gasteiger partial charge in [-0.2, -0.15) is 0 Å². The van der Waals surface area contributed by atoms with Gasteiger partial charge in [0.05, 0.1) is 6.54 Å². The van der Waals surface area contributed by atoms with E-state index < -0.39 is 0 Å². The molecule has 1 N–H and O–H groups in total. The normalized spacial score (nSPS) is 26.0. The maximum Gasteiger partial charge on any atom is 0.142 e. The highest BCUT2D eigenvalue weighted by atomic mass is 15.2. The molecule has 0 spiro atoms. The van der Waals surface area contributed by atoms with Gasteiger partial charge in [0.1, 0.15) is 5.82 Å². The first-order valence-corrected chi connectivity index (χ1v) is 6.49. The molecular weight excluding hydrogens is 212 g/mol. The summed E-state index contributed by atoms with van der Waals surface area (Å²) in [5, 5.41) is 3.43. The van der Waals surface area contributed by atoms with Crippen LogP contribution in [0, 0.1) is 5.92 Å². The highest BCUT2D eigenvalue weighted by molar-refractivity contribution is 4.91. The van der Waals surface area contributed by atoms with E-state index in [1.54, 1.807) is 0 Å². The fraction of sp³-hybridized carbons (Fsp3) is 0.692. The van der Waals surface area contributed by atoms with Crippen LogP contribution in [0.3, 0.4) is 0 Å². The predicted molar refractivity (Wildman–Crippen MR) is 68.6 cm³/mol. The molecule has 1 aromatic rings. The summed E-state index contributed by atoms with van der Waals surface area (Å²) in [6, 6.07) is 2.54. The molecule has 0 amide bonds. The van der Waals surface area contributed by atoms with E-state index in [0.29, 0.717) is 6.04 Å². The molecule has 1 aliphatic rings. The van der Waals surface area contributed by atoms with Gasteiger partial charge in [0.15, 0.2) is 0 Å². The third-order valence-electron chi connectivity index (χ3n) is 3.70. The number of nitrogens with zero attached hydrogens (tertiary/aromatic N) is 3. The molecule has 4 heteroatoms. The standard InChI is InChI=1S/C13H22N4/c1-3-11-9-17(8-5-12(11)14-2)10-13-15-6-4-7-16-13/h4,6-7,11-12,14H,3,5,8-10H2,1-2H3. The molecule has 1 fully saturated rings. The minimum atomic E-state index is 0.674. The summed E-state index contributed by atoms with van der Waals surface area (Å²) >= 11 is 0. The molecule has 4 nitrogen and oxygen atoms in total. The van der Waals surface area contributed by atoms with Gasteiger partial charge in [-0.15, -0.1) is 0 Å². The molecule has 0 radical (unpaired) electrons. The third kappa shape index (κ3) is 3.23. The zero-order valence-electron chi connectivity index (χ0n) is 10.8. The number of likely N-dealkylation sites (tertiary alicyclic amines) is 1. The van der Waals surface area contributed by atoms with E-state index in [0.717, 1.165) is 31.4 Å². The molecule has 0 saturated carbocycles. The molecule has 1 aliphatic heterocycles. The zero-order chi connectivity index (χ0) is 12.1. The van der Waals surface area contributed by atoms with Crippen LogP contribution in [0.25, 0.3) is 0 Å². The highest BCUT2D eigenvalue weighted by Gasteiger charge is 2.26. The second kappa shape index (κ2) is 6.07. The van der Waals surface area contributed by atoms with Gasteiger partial charge in [0, 0.05) is 31.5 Å². The van der Waals surface area contributed by atoms with Crippen LogP contribution < -0.4 is 5.32 Å². The lowest BCUT2D eigenvalue weighted by Crippen LogP contribution is -2.47. The summed E-state index contributed by atoms with van der Waals surface area (Å²) in [7, 11) is 2.07. The highest BCUT2D eigenvalue weighted by Crippen LogP contribution is 2.20. The van der Waals surface area contributed by atoms with Gasteiger partial charge in [0.25, 0.3) is 0 Å². The molecule has 17 heavy (non-hydrogen) atoms. The summed E-state index contributed by atoms with van der Waals surface area (Å²) in [5.41, 5.74) is 0. The van der Waals surface area contributed by atoms with Gasteiger partial charge in [-0.1, -0.05) is 13.3 Å². The molecule has 1 aromatic heterocycles. The van der Waals surface area contributed by atoms with E-state index in [9.17, 15) is 0 Å². The maximum absolute atomic E-state index is 4.29. The largest absolute Gasteiger partial charge is 0.317 e. The maximum atomic E-state index is 4.29. The molecule has 94 valence electrons. The number of nitrogens with one attached hydrogen (secondary N) is 1. The topological polar surface area (TPSA) is 41.1 Å².